The lowest BCUT2D eigenvalue weighted by Gasteiger charge is -2.29. The van der Waals surface area contributed by atoms with E-state index in [1.165, 1.54) is 5.56 Å². The first-order valence-electron chi connectivity index (χ1n) is 7.42. The van der Waals surface area contributed by atoms with Gasteiger partial charge in [-0.2, -0.15) is 0 Å². The molecular weight excluding hydrogens is 298 g/mol. The zero-order valence-electron chi connectivity index (χ0n) is 12.5. The van der Waals surface area contributed by atoms with Crippen molar-refractivity contribution >= 4 is 23.2 Å². The molecule has 0 atom stereocenters. The highest BCUT2D eigenvalue weighted by Gasteiger charge is 2.22. The summed E-state index contributed by atoms with van der Waals surface area (Å²) in [6.07, 6.45) is 2.00. The van der Waals surface area contributed by atoms with Gasteiger partial charge in [0.1, 0.15) is 5.75 Å². The second-order valence-corrected chi connectivity index (χ2v) is 5.91. The first kappa shape index (κ1) is 14.9. The molecule has 1 amide bonds. The third kappa shape index (κ3) is 3.09. The van der Waals surface area contributed by atoms with E-state index in [0.717, 1.165) is 30.6 Å². The Bertz CT molecular complexity index is 699. The van der Waals surface area contributed by atoms with Gasteiger partial charge in [0.15, 0.2) is 6.61 Å². The van der Waals surface area contributed by atoms with Gasteiger partial charge in [0.25, 0.3) is 5.91 Å². The molecule has 0 aliphatic carbocycles. The van der Waals surface area contributed by atoms with E-state index in [9.17, 15) is 4.79 Å². The van der Waals surface area contributed by atoms with Crippen molar-refractivity contribution in [2.45, 2.75) is 19.8 Å². The number of carbonyl (C=O) groups is 1. The second-order valence-electron chi connectivity index (χ2n) is 5.50. The van der Waals surface area contributed by atoms with E-state index < -0.39 is 0 Å². The summed E-state index contributed by atoms with van der Waals surface area (Å²) >= 11 is 6.10. The molecule has 114 valence electrons. The molecule has 0 saturated carbocycles. The number of anilines is 1. The summed E-state index contributed by atoms with van der Waals surface area (Å²) in [5.41, 5.74) is 3.27. The number of para-hydroxylation sites is 1. The fourth-order valence-electron chi connectivity index (χ4n) is 2.73. The van der Waals surface area contributed by atoms with Crippen LogP contribution < -0.4 is 9.64 Å². The summed E-state index contributed by atoms with van der Waals surface area (Å²) in [6.45, 7) is 2.70. The lowest BCUT2D eigenvalue weighted by Crippen LogP contribution is -2.38. The minimum Gasteiger partial charge on any atom is -0.482 e. The molecule has 22 heavy (non-hydrogen) atoms. The minimum atomic E-state index is -0.0373. The quantitative estimate of drug-likeness (QED) is 0.856. The first-order chi connectivity index (χ1) is 10.6. The molecule has 3 nitrogen and oxygen atoms in total. The van der Waals surface area contributed by atoms with Crippen molar-refractivity contribution in [3.8, 4) is 5.75 Å². The number of aryl methyl sites for hydroxylation is 2. The van der Waals surface area contributed by atoms with Crippen LogP contribution in [0.4, 0.5) is 5.69 Å². The van der Waals surface area contributed by atoms with Gasteiger partial charge in [0, 0.05) is 12.2 Å². The molecule has 0 saturated heterocycles. The average molecular weight is 316 g/mol. The molecule has 3 rings (SSSR count). The van der Waals surface area contributed by atoms with E-state index in [2.05, 4.69) is 6.07 Å². The van der Waals surface area contributed by atoms with Gasteiger partial charge in [-0.3, -0.25) is 4.79 Å². The Hall–Kier alpha value is -2.00. The molecule has 2 aromatic rings. The molecule has 1 aliphatic rings. The monoisotopic (exact) mass is 315 g/mol. The van der Waals surface area contributed by atoms with Crippen molar-refractivity contribution < 1.29 is 9.53 Å². The fraction of sp³-hybridized carbons (Fsp3) is 0.278. The molecule has 0 fully saturated rings. The highest BCUT2D eigenvalue weighted by molar-refractivity contribution is 6.32. The smallest absolute Gasteiger partial charge is 0.264 e. The molecule has 0 bridgehead atoms. The summed E-state index contributed by atoms with van der Waals surface area (Å²) in [5.74, 6) is 0.519. The normalized spacial score (nSPS) is 13.6. The predicted octanol–water partition coefficient (Wildman–Crippen LogP) is 4.01. The number of halogens is 1. The van der Waals surface area contributed by atoms with Crippen molar-refractivity contribution in [2.24, 2.45) is 0 Å². The van der Waals surface area contributed by atoms with E-state index in [1.54, 1.807) is 6.07 Å². The van der Waals surface area contributed by atoms with Gasteiger partial charge in [-0.05, 0) is 49.1 Å². The summed E-state index contributed by atoms with van der Waals surface area (Å²) in [5, 5.41) is 0.525. The summed E-state index contributed by atoms with van der Waals surface area (Å²) < 4.78 is 5.62. The number of hydrogen-bond acceptors (Lipinski definition) is 2. The van der Waals surface area contributed by atoms with Gasteiger partial charge in [0.2, 0.25) is 0 Å². The lowest BCUT2D eigenvalue weighted by atomic mass is 10.0. The van der Waals surface area contributed by atoms with E-state index in [1.807, 2.05) is 42.2 Å². The van der Waals surface area contributed by atoms with Gasteiger partial charge in [-0.15, -0.1) is 0 Å². The molecular formula is C18H18ClNO2. The van der Waals surface area contributed by atoms with Crippen molar-refractivity contribution in [3.05, 3.63) is 58.6 Å². The van der Waals surface area contributed by atoms with Gasteiger partial charge in [0.05, 0.1) is 5.02 Å². The molecule has 0 radical (unpaired) electrons. The van der Waals surface area contributed by atoms with Crippen LogP contribution in [0.2, 0.25) is 5.02 Å². The molecule has 0 spiro atoms. The molecule has 1 aliphatic heterocycles. The molecule has 4 heteroatoms. The summed E-state index contributed by atoms with van der Waals surface area (Å²) in [7, 11) is 0. The highest BCUT2D eigenvalue weighted by atomic mass is 35.5. The number of carbonyl (C=O) groups excluding carboxylic acids is 1. The maximum Gasteiger partial charge on any atom is 0.264 e. The van der Waals surface area contributed by atoms with Crippen LogP contribution in [-0.2, 0) is 11.2 Å². The Labute approximate surface area is 135 Å². The van der Waals surface area contributed by atoms with Crippen LogP contribution >= 0.6 is 11.6 Å². The van der Waals surface area contributed by atoms with Crippen molar-refractivity contribution in [1.82, 2.24) is 0 Å². The molecule has 2 aromatic carbocycles. The van der Waals surface area contributed by atoms with Gasteiger partial charge in [-0.25, -0.2) is 0 Å². The van der Waals surface area contributed by atoms with E-state index >= 15 is 0 Å². The first-order valence-corrected chi connectivity index (χ1v) is 7.80. The predicted molar refractivity (Wildman–Crippen MR) is 88.8 cm³/mol. The Balaban J connectivity index is 1.72. The Kier molecular flexibility index (Phi) is 4.34. The van der Waals surface area contributed by atoms with Crippen LogP contribution in [0.3, 0.4) is 0 Å². The topological polar surface area (TPSA) is 29.5 Å². The van der Waals surface area contributed by atoms with Crippen LogP contribution in [-0.4, -0.2) is 19.1 Å². The number of nitrogens with zero attached hydrogens (tertiary/aromatic N) is 1. The van der Waals surface area contributed by atoms with Gasteiger partial charge < -0.3 is 9.64 Å². The van der Waals surface area contributed by atoms with Gasteiger partial charge >= 0.3 is 0 Å². The number of hydrogen-bond donors (Lipinski definition) is 0. The number of benzene rings is 2. The summed E-state index contributed by atoms with van der Waals surface area (Å²) in [4.78, 5) is 14.3. The Morgan fingerprint density at radius 1 is 1.27 bits per heavy atom. The minimum absolute atomic E-state index is 0.00247. The number of rotatable bonds is 3. The lowest BCUT2D eigenvalue weighted by molar-refractivity contribution is -0.120. The zero-order chi connectivity index (χ0) is 15.5. The van der Waals surface area contributed by atoms with Gasteiger partial charge in [-0.1, -0.05) is 35.9 Å². The van der Waals surface area contributed by atoms with Crippen LogP contribution in [0.1, 0.15) is 17.5 Å². The number of amides is 1. The zero-order valence-corrected chi connectivity index (χ0v) is 13.3. The SMILES string of the molecule is Cc1ccc(Cl)c(OCC(=O)N2CCCc3ccccc32)c1. The maximum atomic E-state index is 12.5. The van der Waals surface area contributed by atoms with E-state index in [-0.39, 0.29) is 12.5 Å². The second kappa shape index (κ2) is 6.41. The molecule has 0 aromatic heterocycles. The highest BCUT2D eigenvalue weighted by Crippen LogP contribution is 2.28. The third-order valence-corrected chi connectivity index (χ3v) is 4.16. The Morgan fingerprint density at radius 2 is 2.09 bits per heavy atom. The average Bonchev–Trinajstić information content (AvgIpc) is 2.55. The van der Waals surface area contributed by atoms with Crippen LogP contribution in [0.5, 0.6) is 5.75 Å². The van der Waals surface area contributed by atoms with E-state index in [0.29, 0.717) is 10.8 Å². The van der Waals surface area contributed by atoms with E-state index in [4.69, 9.17) is 16.3 Å². The van der Waals surface area contributed by atoms with Crippen LogP contribution in [0.25, 0.3) is 0 Å². The van der Waals surface area contributed by atoms with Crippen molar-refractivity contribution in [3.63, 3.8) is 0 Å². The Morgan fingerprint density at radius 3 is 2.95 bits per heavy atom. The number of ether oxygens (including phenoxy) is 1. The van der Waals surface area contributed by atoms with Crippen molar-refractivity contribution in [1.29, 1.82) is 0 Å². The van der Waals surface area contributed by atoms with Crippen molar-refractivity contribution in [2.75, 3.05) is 18.1 Å². The largest absolute Gasteiger partial charge is 0.482 e. The van der Waals surface area contributed by atoms with Crippen LogP contribution in [0.15, 0.2) is 42.5 Å². The standard InChI is InChI=1S/C18H18ClNO2/c1-13-8-9-15(19)17(11-13)22-12-18(21)20-10-4-6-14-5-2-3-7-16(14)20/h2-3,5,7-9,11H,4,6,10,12H2,1H3. The molecule has 0 N–H and O–H groups in total. The maximum absolute atomic E-state index is 12.5. The molecule has 0 unspecified atom stereocenters. The number of fused-ring (bicyclic) bond motifs is 1. The third-order valence-electron chi connectivity index (χ3n) is 3.85. The fourth-order valence-corrected chi connectivity index (χ4v) is 2.90. The molecule has 1 heterocycles. The summed E-state index contributed by atoms with van der Waals surface area (Å²) in [6, 6.07) is 13.6. The van der Waals surface area contributed by atoms with Crippen LogP contribution in [0, 0.1) is 6.92 Å².